The lowest BCUT2D eigenvalue weighted by Gasteiger charge is -2.15. The zero-order valence-corrected chi connectivity index (χ0v) is 11.1. The zero-order valence-electron chi connectivity index (χ0n) is 9.49. The van der Waals surface area contributed by atoms with Gasteiger partial charge in [-0.3, -0.25) is 4.79 Å². The van der Waals surface area contributed by atoms with Gasteiger partial charge in [0.1, 0.15) is 0 Å². The first-order valence-electron chi connectivity index (χ1n) is 5.62. The van der Waals surface area contributed by atoms with Crippen LogP contribution in [0.1, 0.15) is 32.6 Å². The van der Waals surface area contributed by atoms with Crippen LogP contribution in [-0.4, -0.2) is 38.1 Å². The van der Waals surface area contributed by atoms with Crippen molar-refractivity contribution in [2.75, 3.05) is 18.8 Å². The van der Waals surface area contributed by atoms with E-state index in [1.807, 2.05) is 0 Å². The van der Waals surface area contributed by atoms with Gasteiger partial charge < -0.3 is 4.90 Å². The average Bonchev–Trinajstić information content (AvgIpc) is 2.44. The minimum absolute atomic E-state index is 0.0569. The van der Waals surface area contributed by atoms with Gasteiger partial charge in [0.25, 0.3) is 0 Å². The summed E-state index contributed by atoms with van der Waals surface area (Å²) in [6.07, 6.45) is 3.52. The molecule has 0 saturated carbocycles. The fourth-order valence-corrected chi connectivity index (χ4v) is 3.34. The summed E-state index contributed by atoms with van der Waals surface area (Å²) in [6.45, 7) is 3.38. The van der Waals surface area contributed by atoms with E-state index in [1.165, 1.54) is 0 Å². The van der Waals surface area contributed by atoms with E-state index >= 15 is 0 Å². The first kappa shape index (κ1) is 13.8. The second-order valence-electron chi connectivity index (χ2n) is 4.32. The van der Waals surface area contributed by atoms with Crippen LogP contribution in [0.15, 0.2) is 0 Å². The van der Waals surface area contributed by atoms with Gasteiger partial charge in [-0.05, 0) is 6.42 Å². The minimum atomic E-state index is -3.49. The van der Waals surface area contributed by atoms with E-state index in [0.717, 1.165) is 25.8 Å². The SMILES string of the molecule is CCCCCN1CC(CS(=O)(=O)Cl)CC1=O. The molecule has 1 saturated heterocycles. The van der Waals surface area contributed by atoms with Crippen molar-refractivity contribution in [3.63, 3.8) is 0 Å². The molecule has 94 valence electrons. The molecule has 0 radical (unpaired) electrons. The number of hydrogen-bond donors (Lipinski definition) is 0. The van der Waals surface area contributed by atoms with Crippen molar-refractivity contribution < 1.29 is 13.2 Å². The van der Waals surface area contributed by atoms with Crippen LogP contribution in [-0.2, 0) is 13.8 Å². The monoisotopic (exact) mass is 267 g/mol. The van der Waals surface area contributed by atoms with Crippen LogP contribution < -0.4 is 0 Å². The number of halogens is 1. The fourth-order valence-electron chi connectivity index (χ4n) is 2.02. The van der Waals surface area contributed by atoms with Gasteiger partial charge in [0.15, 0.2) is 0 Å². The van der Waals surface area contributed by atoms with Crippen LogP contribution in [0.4, 0.5) is 0 Å². The molecule has 0 aromatic rings. The highest BCUT2D eigenvalue weighted by atomic mass is 35.7. The van der Waals surface area contributed by atoms with Crippen molar-refractivity contribution in [1.29, 1.82) is 0 Å². The van der Waals surface area contributed by atoms with Crippen molar-refractivity contribution in [3.8, 4) is 0 Å². The maximum absolute atomic E-state index is 11.6. The van der Waals surface area contributed by atoms with Crippen LogP contribution in [0.5, 0.6) is 0 Å². The minimum Gasteiger partial charge on any atom is -0.342 e. The predicted octanol–water partition coefficient (Wildman–Crippen LogP) is 1.59. The van der Waals surface area contributed by atoms with Gasteiger partial charge in [0.2, 0.25) is 15.0 Å². The summed E-state index contributed by atoms with van der Waals surface area (Å²) in [7, 11) is 1.69. The first-order chi connectivity index (χ1) is 7.42. The van der Waals surface area contributed by atoms with Crippen LogP contribution in [0.25, 0.3) is 0 Å². The second kappa shape index (κ2) is 5.87. The summed E-state index contributed by atoms with van der Waals surface area (Å²) in [5.74, 6) is -0.164. The number of likely N-dealkylation sites (tertiary alicyclic amines) is 1. The van der Waals surface area contributed by atoms with Crippen LogP contribution in [0, 0.1) is 5.92 Å². The summed E-state index contributed by atoms with van der Waals surface area (Å²) in [5.41, 5.74) is 0. The average molecular weight is 268 g/mol. The van der Waals surface area contributed by atoms with Crippen LogP contribution in [0.3, 0.4) is 0 Å². The maximum atomic E-state index is 11.6. The molecule has 0 N–H and O–H groups in total. The van der Waals surface area contributed by atoms with Gasteiger partial charge in [-0.1, -0.05) is 19.8 Å². The number of carbonyl (C=O) groups excluding carboxylic acids is 1. The number of rotatable bonds is 6. The molecule has 1 amide bonds. The lowest BCUT2D eigenvalue weighted by Crippen LogP contribution is -2.26. The van der Waals surface area contributed by atoms with Crippen molar-refractivity contribution in [3.05, 3.63) is 0 Å². The van der Waals surface area contributed by atoms with Gasteiger partial charge in [0.05, 0.1) is 5.75 Å². The molecule has 1 rings (SSSR count). The molecule has 1 atom stereocenters. The van der Waals surface area contributed by atoms with E-state index < -0.39 is 9.05 Å². The van der Waals surface area contributed by atoms with Crippen molar-refractivity contribution in [2.45, 2.75) is 32.6 Å². The highest BCUT2D eigenvalue weighted by molar-refractivity contribution is 8.13. The largest absolute Gasteiger partial charge is 0.342 e. The van der Waals surface area contributed by atoms with Crippen LogP contribution in [0.2, 0.25) is 0 Å². The molecule has 16 heavy (non-hydrogen) atoms. The van der Waals surface area contributed by atoms with Gasteiger partial charge in [-0.15, -0.1) is 0 Å². The van der Waals surface area contributed by atoms with E-state index in [0.29, 0.717) is 13.0 Å². The van der Waals surface area contributed by atoms with Crippen molar-refractivity contribution >= 4 is 25.6 Å². The Morgan fingerprint density at radius 1 is 1.44 bits per heavy atom. The number of carbonyl (C=O) groups is 1. The lowest BCUT2D eigenvalue weighted by molar-refractivity contribution is -0.127. The van der Waals surface area contributed by atoms with E-state index in [4.69, 9.17) is 10.7 Å². The van der Waals surface area contributed by atoms with Crippen LogP contribution >= 0.6 is 10.7 Å². The van der Waals surface area contributed by atoms with E-state index in [-0.39, 0.29) is 17.6 Å². The molecule has 1 aliphatic rings. The van der Waals surface area contributed by atoms with Crippen molar-refractivity contribution in [2.24, 2.45) is 5.92 Å². The Morgan fingerprint density at radius 3 is 2.69 bits per heavy atom. The highest BCUT2D eigenvalue weighted by Crippen LogP contribution is 2.21. The Labute approximate surface area is 101 Å². The van der Waals surface area contributed by atoms with Gasteiger partial charge in [0, 0.05) is 36.1 Å². The molecule has 4 nitrogen and oxygen atoms in total. The van der Waals surface area contributed by atoms with Gasteiger partial charge >= 0.3 is 0 Å². The van der Waals surface area contributed by atoms with Gasteiger partial charge in [-0.25, -0.2) is 8.42 Å². The molecule has 0 aromatic heterocycles. The first-order valence-corrected chi connectivity index (χ1v) is 8.10. The fraction of sp³-hybridized carbons (Fsp3) is 0.900. The molecule has 0 bridgehead atoms. The second-order valence-corrected chi connectivity index (χ2v) is 7.14. The summed E-state index contributed by atoms with van der Waals surface area (Å²) >= 11 is 0. The molecule has 1 heterocycles. The Hall–Kier alpha value is -0.290. The molecule has 1 aliphatic heterocycles. The molecular weight excluding hydrogens is 250 g/mol. The van der Waals surface area contributed by atoms with E-state index in [9.17, 15) is 13.2 Å². The third-order valence-corrected chi connectivity index (χ3v) is 4.01. The standard InChI is InChI=1S/C10H18ClNO3S/c1-2-3-4-5-12-7-9(6-10(12)13)8-16(11,14)15/h9H,2-8H2,1H3. The topological polar surface area (TPSA) is 54.5 Å². The highest BCUT2D eigenvalue weighted by Gasteiger charge is 2.31. The number of hydrogen-bond acceptors (Lipinski definition) is 3. The van der Waals surface area contributed by atoms with E-state index in [1.54, 1.807) is 4.90 Å². The smallest absolute Gasteiger partial charge is 0.232 e. The molecule has 6 heteroatoms. The predicted molar refractivity (Wildman–Crippen MR) is 63.9 cm³/mol. The Balaban J connectivity index is 2.38. The van der Waals surface area contributed by atoms with Gasteiger partial charge in [-0.2, -0.15) is 0 Å². The summed E-state index contributed by atoms with van der Waals surface area (Å²) < 4.78 is 21.8. The lowest BCUT2D eigenvalue weighted by atomic mass is 10.1. The Bertz CT molecular complexity index is 342. The molecule has 1 unspecified atom stereocenters. The molecular formula is C10H18ClNO3S. The molecule has 0 aromatic carbocycles. The summed E-state index contributed by atoms with van der Waals surface area (Å²) in [6, 6.07) is 0. The quantitative estimate of drug-likeness (QED) is 0.543. The third-order valence-electron chi connectivity index (χ3n) is 2.76. The molecule has 0 spiro atoms. The third kappa shape index (κ3) is 4.70. The molecule has 0 aliphatic carbocycles. The van der Waals surface area contributed by atoms with Crippen molar-refractivity contribution in [1.82, 2.24) is 4.90 Å². The Morgan fingerprint density at radius 2 is 2.12 bits per heavy atom. The summed E-state index contributed by atoms with van der Waals surface area (Å²) in [5, 5.41) is 0. The zero-order chi connectivity index (χ0) is 12.2. The normalized spacial score (nSPS) is 21.8. The number of nitrogens with zero attached hydrogens (tertiary/aromatic N) is 1. The number of unbranched alkanes of at least 4 members (excludes halogenated alkanes) is 2. The molecule has 1 fully saturated rings. The maximum Gasteiger partial charge on any atom is 0.232 e. The van der Waals surface area contributed by atoms with E-state index in [2.05, 4.69) is 6.92 Å². The Kier molecular flexibility index (Phi) is 5.05. The number of amides is 1. The summed E-state index contributed by atoms with van der Waals surface area (Å²) in [4.78, 5) is 13.3.